The molecule has 148 valence electrons. The van der Waals surface area contributed by atoms with Crippen LogP contribution in [0.15, 0.2) is 71.5 Å². The summed E-state index contributed by atoms with van der Waals surface area (Å²) in [5, 5.41) is 13.3. The molecule has 0 amide bonds. The van der Waals surface area contributed by atoms with Crippen LogP contribution in [0, 0.1) is 0 Å². The molecule has 0 spiro atoms. The molecular weight excluding hydrogens is 376 g/mol. The Hall–Kier alpha value is -3.70. The maximum Gasteiger partial charge on any atom is 0.251 e. The number of aromatic nitrogens is 1. The maximum absolute atomic E-state index is 13.5. The van der Waals surface area contributed by atoms with Gasteiger partial charge in [0.05, 0.1) is 16.8 Å². The first-order valence-electron chi connectivity index (χ1n) is 9.86. The third kappa shape index (κ3) is 2.75. The lowest BCUT2D eigenvalue weighted by Gasteiger charge is -2.23. The second-order valence-electron chi connectivity index (χ2n) is 7.51. The van der Waals surface area contributed by atoms with Crippen LogP contribution in [-0.4, -0.2) is 22.1 Å². The molecule has 2 N–H and O–H groups in total. The standard InChI is InChI=1S/C25H20N2O3/c1-27-21-11-10-20(26-16-8-6-15(7-9-16)12-13-28)24-23(21)19(14-22(27)29)17-4-2-3-5-18(17)25(24)30/h2-11,14,26,28H,12-13H2,1H3. The van der Waals surface area contributed by atoms with Crippen molar-refractivity contribution in [2.75, 3.05) is 11.9 Å². The van der Waals surface area contributed by atoms with Gasteiger partial charge >= 0.3 is 0 Å². The van der Waals surface area contributed by atoms with Gasteiger partial charge in [-0.25, -0.2) is 0 Å². The SMILES string of the molecule is Cn1c(=O)cc2c3c(c(Nc4ccc(CCO)cc4)ccc31)C(=O)c1ccccc1-2. The highest BCUT2D eigenvalue weighted by molar-refractivity contribution is 6.28. The van der Waals surface area contributed by atoms with Gasteiger partial charge in [-0.3, -0.25) is 9.59 Å². The van der Waals surface area contributed by atoms with Gasteiger partial charge in [0.25, 0.3) is 5.56 Å². The number of ketones is 1. The number of carbonyl (C=O) groups is 1. The zero-order chi connectivity index (χ0) is 20.8. The summed E-state index contributed by atoms with van der Waals surface area (Å²) in [6.45, 7) is 0.108. The number of fused-ring (bicyclic) bond motifs is 2. The number of hydrogen-bond acceptors (Lipinski definition) is 4. The first-order chi connectivity index (χ1) is 14.6. The lowest BCUT2D eigenvalue weighted by atomic mass is 9.83. The molecule has 5 nitrogen and oxygen atoms in total. The number of nitrogens with zero attached hydrogens (tertiary/aromatic N) is 1. The number of benzene rings is 3. The van der Waals surface area contributed by atoms with Gasteiger partial charge in [0.1, 0.15) is 0 Å². The summed E-state index contributed by atoms with van der Waals surface area (Å²) in [5.41, 5.74) is 6.01. The van der Waals surface area contributed by atoms with Crippen molar-refractivity contribution >= 4 is 28.1 Å². The Balaban J connectivity index is 1.73. The second-order valence-corrected chi connectivity index (χ2v) is 7.51. The predicted octanol–water partition coefficient (Wildman–Crippen LogP) is 4.03. The smallest absolute Gasteiger partial charge is 0.251 e. The minimum atomic E-state index is -0.104. The molecule has 0 fully saturated rings. The predicted molar refractivity (Wildman–Crippen MR) is 119 cm³/mol. The molecule has 0 aliphatic heterocycles. The summed E-state index contributed by atoms with van der Waals surface area (Å²) in [5.74, 6) is -0.0539. The average molecular weight is 396 g/mol. The minimum Gasteiger partial charge on any atom is -0.396 e. The van der Waals surface area contributed by atoms with E-state index >= 15 is 0 Å². The Morgan fingerprint density at radius 2 is 1.63 bits per heavy atom. The number of hydrogen-bond donors (Lipinski definition) is 2. The molecule has 0 unspecified atom stereocenters. The van der Waals surface area contributed by atoms with Crippen molar-refractivity contribution in [3.63, 3.8) is 0 Å². The Morgan fingerprint density at radius 1 is 0.900 bits per heavy atom. The van der Waals surface area contributed by atoms with Crippen LogP contribution in [0.4, 0.5) is 11.4 Å². The summed E-state index contributed by atoms with van der Waals surface area (Å²) in [4.78, 5) is 26.0. The third-order valence-electron chi connectivity index (χ3n) is 5.73. The number of aliphatic hydroxyl groups is 1. The molecule has 4 aromatic rings. The van der Waals surface area contributed by atoms with Crippen molar-refractivity contribution in [1.29, 1.82) is 0 Å². The highest BCUT2D eigenvalue weighted by Gasteiger charge is 2.28. The van der Waals surface area contributed by atoms with E-state index < -0.39 is 0 Å². The van der Waals surface area contributed by atoms with Crippen LogP contribution in [0.2, 0.25) is 0 Å². The normalized spacial score (nSPS) is 12.1. The molecule has 0 saturated heterocycles. The Bertz CT molecular complexity index is 1370. The Kier molecular flexibility index (Phi) is 4.26. The van der Waals surface area contributed by atoms with Crippen LogP contribution in [0.3, 0.4) is 0 Å². The van der Waals surface area contributed by atoms with Gasteiger partial charge in [-0.1, -0.05) is 36.4 Å². The van der Waals surface area contributed by atoms with Gasteiger partial charge in [0.2, 0.25) is 0 Å². The topological polar surface area (TPSA) is 71.3 Å². The molecule has 0 radical (unpaired) electrons. The summed E-state index contributed by atoms with van der Waals surface area (Å²) >= 11 is 0. The molecule has 30 heavy (non-hydrogen) atoms. The quantitative estimate of drug-likeness (QED) is 0.481. The van der Waals surface area contributed by atoms with Crippen molar-refractivity contribution in [2.24, 2.45) is 7.05 Å². The van der Waals surface area contributed by atoms with Crippen LogP contribution in [0.1, 0.15) is 21.5 Å². The first-order valence-corrected chi connectivity index (χ1v) is 9.86. The third-order valence-corrected chi connectivity index (χ3v) is 5.73. The molecular formula is C25H20N2O3. The van der Waals surface area contributed by atoms with Gasteiger partial charge in [-0.2, -0.15) is 0 Å². The van der Waals surface area contributed by atoms with E-state index in [4.69, 9.17) is 5.11 Å². The highest BCUT2D eigenvalue weighted by Crippen LogP contribution is 2.41. The van der Waals surface area contributed by atoms with Crippen LogP contribution in [0.25, 0.3) is 22.0 Å². The van der Waals surface area contributed by atoms with Crippen LogP contribution in [-0.2, 0) is 13.5 Å². The fourth-order valence-corrected chi connectivity index (χ4v) is 4.20. The van der Waals surface area contributed by atoms with E-state index in [0.29, 0.717) is 23.2 Å². The number of aliphatic hydroxyl groups excluding tert-OH is 1. The number of rotatable bonds is 4. The van der Waals surface area contributed by atoms with Crippen LogP contribution < -0.4 is 10.9 Å². The van der Waals surface area contributed by atoms with Crippen molar-refractivity contribution in [3.8, 4) is 11.1 Å². The highest BCUT2D eigenvalue weighted by atomic mass is 16.3. The minimum absolute atomic E-state index is 0.0539. The van der Waals surface area contributed by atoms with Gasteiger partial charge in [-0.15, -0.1) is 0 Å². The van der Waals surface area contributed by atoms with Gasteiger partial charge < -0.3 is 15.0 Å². The summed E-state index contributed by atoms with van der Waals surface area (Å²) in [7, 11) is 1.73. The van der Waals surface area contributed by atoms with Gasteiger partial charge in [-0.05, 0) is 47.4 Å². The number of nitrogens with one attached hydrogen (secondary N) is 1. The molecule has 1 aliphatic rings. The number of aryl methyl sites for hydroxylation is 1. The molecule has 1 aromatic heterocycles. The van der Waals surface area contributed by atoms with E-state index in [1.54, 1.807) is 17.7 Å². The molecule has 0 bridgehead atoms. The van der Waals surface area contributed by atoms with E-state index in [2.05, 4.69) is 5.32 Å². The Morgan fingerprint density at radius 3 is 2.37 bits per heavy atom. The van der Waals surface area contributed by atoms with Gasteiger partial charge in [0, 0.05) is 36.4 Å². The Labute approximate surface area is 173 Å². The second kappa shape index (κ2) is 6.97. The summed E-state index contributed by atoms with van der Waals surface area (Å²) in [6.07, 6.45) is 0.605. The van der Waals surface area contributed by atoms with Crippen LogP contribution >= 0.6 is 0 Å². The number of carbonyl (C=O) groups excluding carboxylic acids is 1. The molecule has 1 aliphatic carbocycles. The molecule has 1 heterocycles. The summed E-state index contributed by atoms with van der Waals surface area (Å²) in [6, 6.07) is 20.6. The van der Waals surface area contributed by atoms with Crippen molar-refractivity contribution < 1.29 is 9.90 Å². The zero-order valence-corrected chi connectivity index (χ0v) is 16.5. The van der Waals surface area contributed by atoms with E-state index in [0.717, 1.165) is 33.3 Å². The molecule has 0 atom stereocenters. The molecule has 5 rings (SSSR count). The van der Waals surface area contributed by atoms with Crippen molar-refractivity contribution in [1.82, 2.24) is 4.57 Å². The van der Waals surface area contributed by atoms with Crippen LogP contribution in [0.5, 0.6) is 0 Å². The zero-order valence-electron chi connectivity index (χ0n) is 16.5. The van der Waals surface area contributed by atoms with E-state index in [1.807, 2.05) is 60.7 Å². The van der Waals surface area contributed by atoms with E-state index in [9.17, 15) is 9.59 Å². The summed E-state index contributed by atoms with van der Waals surface area (Å²) < 4.78 is 1.58. The number of pyridine rings is 1. The van der Waals surface area contributed by atoms with Crippen molar-refractivity contribution in [2.45, 2.75) is 6.42 Å². The first kappa shape index (κ1) is 18.3. The fourth-order valence-electron chi connectivity index (χ4n) is 4.20. The lowest BCUT2D eigenvalue weighted by molar-refractivity contribution is 0.104. The van der Waals surface area contributed by atoms with Crippen molar-refractivity contribution in [3.05, 3.63) is 93.8 Å². The maximum atomic E-state index is 13.5. The molecule has 5 heteroatoms. The van der Waals surface area contributed by atoms with E-state index in [-0.39, 0.29) is 17.9 Å². The van der Waals surface area contributed by atoms with E-state index in [1.165, 1.54) is 0 Å². The average Bonchev–Trinajstić information content (AvgIpc) is 2.76. The van der Waals surface area contributed by atoms with Gasteiger partial charge in [0.15, 0.2) is 5.78 Å². The largest absolute Gasteiger partial charge is 0.396 e. The number of anilines is 2. The lowest BCUT2D eigenvalue weighted by Crippen LogP contribution is -2.21. The monoisotopic (exact) mass is 396 g/mol. The molecule has 0 saturated carbocycles. The fraction of sp³-hybridized carbons (Fsp3) is 0.120. The molecule has 3 aromatic carbocycles.